The molecule has 39 heavy (non-hydrogen) atoms. The summed E-state index contributed by atoms with van der Waals surface area (Å²) in [6.45, 7) is 0.652. The predicted molar refractivity (Wildman–Crippen MR) is 125 cm³/mol. The maximum absolute atomic E-state index is 13.5. The number of alkyl halides is 6. The number of hydrogen-bond donors (Lipinski definition) is 3. The van der Waals surface area contributed by atoms with E-state index in [1.54, 1.807) is 0 Å². The number of methoxy groups -OCH3 is 1. The number of ether oxygens (including phenoxy) is 1. The number of aryl methyl sites for hydroxylation is 1. The van der Waals surface area contributed by atoms with Crippen molar-refractivity contribution in [1.82, 2.24) is 35.8 Å². The van der Waals surface area contributed by atoms with E-state index in [-0.39, 0.29) is 34.8 Å². The van der Waals surface area contributed by atoms with E-state index in [1.165, 1.54) is 25.1 Å². The van der Waals surface area contributed by atoms with Gasteiger partial charge in [-0.25, -0.2) is 14.4 Å². The SMILES string of the molecule is CO[C@@]([SH2+])(CC(F)(F)F)[C@H](NC(=O)c1nonc1C)c1nc2ccc(CN3C[C@@H](C(F)(F)F)NC3=O)cc2[nH]1. The Kier molecular flexibility index (Phi) is 7.46. The highest BCUT2D eigenvalue weighted by Crippen LogP contribution is 2.38. The predicted octanol–water partition coefficient (Wildman–Crippen LogP) is 2.49. The second kappa shape index (κ2) is 10.2. The first-order valence-electron chi connectivity index (χ1n) is 11.2. The van der Waals surface area contributed by atoms with Crippen LogP contribution in [0.25, 0.3) is 11.0 Å². The zero-order chi connectivity index (χ0) is 28.8. The molecule has 3 aromatic rings. The second-order valence-corrected chi connectivity index (χ2v) is 9.73. The van der Waals surface area contributed by atoms with Crippen molar-refractivity contribution in [2.75, 3.05) is 13.7 Å². The summed E-state index contributed by atoms with van der Waals surface area (Å²) in [5.74, 6) is -1.05. The van der Waals surface area contributed by atoms with Gasteiger partial charge in [0.25, 0.3) is 10.8 Å². The van der Waals surface area contributed by atoms with Crippen LogP contribution >= 0.6 is 0 Å². The summed E-state index contributed by atoms with van der Waals surface area (Å²) >= 11 is 3.04. The standard InChI is InChI=1S/C21H21F6N7O4S/c1-9-14(33-38-32-9)17(35)31-15(19(39,37-2)8-20(22,23)24)16-28-11-4-3-10(5-12(11)29-16)6-34-7-13(21(25,26)27)30-18(34)36/h3-5,13,15,39H,6-8H2,1-2H3,(H,28,29)(H,30,36)(H,31,35)/p+1/t13-,15+,19+/m0/s1. The van der Waals surface area contributed by atoms with Crippen LogP contribution in [0.4, 0.5) is 31.1 Å². The lowest BCUT2D eigenvalue weighted by Gasteiger charge is -2.30. The van der Waals surface area contributed by atoms with Gasteiger partial charge < -0.3 is 25.3 Å². The van der Waals surface area contributed by atoms with Crippen molar-refractivity contribution >= 4 is 35.6 Å². The number of fused-ring (bicyclic) bond motifs is 1. The van der Waals surface area contributed by atoms with E-state index in [4.69, 9.17) is 4.74 Å². The van der Waals surface area contributed by atoms with E-state index in [0.29, 0.717) is 5.56 Å². The van der Waals surface area contributed by atoms with Crippen LogP contribution in [-0.2, 0) is 23.9 Å². The summed E-state index contributed by atoms with van der Waals surface area (Å²) in [5.41, 5.74) is 0.796. The number of aromatic nitrogens is 4. The monoisotopic (exact) mass is 582 g/mol. The third-order valence-corrected chi connectivity index (χ3v) is 6.70. The maximum atomic E-state index is 13.5. The van der Waals surface area contributed by atoms with E-state index >= 15 is 0 Å². The first-order valence-corrected chi connectivity index (χ1v) is 11.7. The summed E-state index contributed by atoms with van der Waals surface area (Å²) in [6.07, 6.45) is -10.9. The molecule has 2 aromatic heterocycles. The molecule has 0 spiro atoms. The van der Waals surface area contributed by atoms with Crippen LogP contribution in [0.15, 0.2) is 22.8 Å². The van der Waals surface area contributed by atoms with Crippen LogP contribution in [0.2, 0.25) is 0 Å². The normalized spacial score (nSPS) is 18.7. The Bertz CT molecular complexity index is 1380. The molecule has 0 bridgehead atoms. The average molecular weight is 583 g/mol. The number of hydrogen-bond acceptors (Lipinski definition) is 7. The van der Waals surface area contributed by atoms with Crippen molar-refractivity contribution in [2.45, 2.75) is 49.3 Å². The fourth-order valence-corrected chi connectivity index (χ4v) is 4.48. The Morgan fingerprint density at radius 2 is 2.00 bits per heavy atom. The fraction of sp³-hybridized carbons (Fsp3) is 0.476. The number of benzene rings is 1. The summed E-state index contributed by atoms with van der Waals surface area (Å²) < 4.78 is 89.0. The van der Waals surface area contributed by atoms with Gasteiger partial charge in [-0.2, -0.15) is 26.3 Å². The van der Waals surface area contributed by atoms with Gasteiger partial charge in [0.15, 0.2) is 11.7 Å². The lowest BCUT2D eigenvalue weighted by Crippen LogP contribution is -2.49. The van der Waals surface area contributed by atoms with Crippen LogP contribution in [0.1, 0.15) is 40.0 Å². The van der Waals surface area contributed by atoms with Crippen molar-refractivity contribution in [3.63, 3.8) is 0 Å². The maximum Gasteiger partial charge on any atom is 0.410 e. The molecule has 0 saturated carbocycles. The lowest BCUT2D eigenvalue weighted by molar-refractivity contribution is -0.168. The Labute approximate surface area is 221 Å². The average Bonchev–Trinajstić information content (AvgIpc) is 3.54. The lowest BCUT2D eigenvalue weighted by atomic mass is 10.0. The molecule has 1 aromatic carbocycles. The summed E-state index contributed by atoms with van der Waals surface area (Å²) in [7, 11) is 1.01. The molecule has 1 saturated heterocycles. The number of halogens is 6. The number of amides is 3. The number of carbonyl (C=O) groups is 2. The summed E-state index contributed by atoms with van der Waals surface area (Å²) in [4.78, 5) is 30.7. The molecule has 212 valence electrons. The molecule has 1 fully saturated rings. The highest BCUT2D eigenvalue weighted by atomic mass is 32.1. The van der Waals surface area contributed by atoms with Crippen molar-refractivity contribution in [3.05, 3.63) is 41.0 Å². The number of nitrogens with zero attached hydrogens (tertiary/aromatic N) is 4. The van der Waals surface area contributed by atoms with E-state index < -0.39 is 54.3 Å². The molecule has 1 aliphatic heterocycles. The highest BCUT2D eigenvalue weighted by Gasteiger charge is 2.53. The first kappa shape index (κ1) is 28.5. The Hall–Kier alpha value is -3.54. The molecule has 1 aliphatic rings. The third kappa shape index (κ3) is 6.21. The quantitative estimate of drug-likeness (QED) is 0.274. The van der Waals surface area contributed by atoms with Crippen LogP contribution in [0, 0.1) is 6.92 Å². The van der Waals surface area contributed by atoms with Crippen LogP contribution in [-0.4, -0.2) is 74.1 Å². The van der Waals surface area contributed by atoms with Gasteiger partial charge >= 0.3 is 18.4 Å². The molecule has 0 unspecified atom stereocenters. The number of carbonyl (C=O) groups excluding carboxylic acids is 2. The number of aromatic amines is 1. The van der Waals surface area contributed by atoms with Crippen molar-refractivity contribution in [3.8, 4) is 0 Å². The third-order valence-electron chi connectivity index (χ3n) is 6.03. The van der Waals surface area contributed by atoms with E-state index in [0.717, 1.165) is 12.0 Å². The number of nitrogens with one attached hydrogen (secondary N) is 3. The van der Waals surface area contributed by atoms with E-state index in [2.05, 4.69) is 42.9 Å². The fourth-order valence-electron chi connectivity index (χ4n) is 4.08. The minimum absolute atomic E-state index is 0.0898. The number of H-pyrrole nitrogens is 1. The first-order chi connectivity index (χ1) is 18.1. The molecule has 0 aliphatic carbocycles. The molecule has 11 nitrogen and oxygen atoms in total. The van der Waals surface area contributed by atoms with Gasteiger partial charge in [-0.15, -0.1) is 0 Å². The zero-order valence-corrected chi connectivity index (χ0v) is 21.2. The van der Waals surface area contributed by atoms with E-state index in [1.807, 2.05) is 5.32 Å². The van der Waals surface area contributed by atoms with Crippen molar-refractivity contribution < 1.29 is 45.3 Å². The smallest absolute Gasteiger partial charge is 0.340 e. The highest BCUT2D eigenvalue weighted by molar-refractivity contribution is 7.60. The van der Waals surface area contributed by atoms with Gasteiger partial charge in [-0.3, -0.25) is 4.79 Å². The largest absolute Gasteiger partial charge is 0.410 e. The molecule has 18 heteroatoms. The Morgan fingerprint density at radius 1 is 1.28 bits per heavy atom. The minimum Gasteiger partial charge on any atom is -0.340 e. The van der Waals surface area contributed by atoms with Crippen molar-refractivity contribution in [2.24, 2.45) is 0 Å². The van der Waals surface area contributed by atoms with Gasteiger partial charge in [-0.05, 0) is 42.4 Å². The van der Waals surface area contributed by atoms with Gasteiger partial charge in [0.05, 0.1) is 17.6 Å². The van der Waals surface area contributed by atoms with Crippen LogP contribution in [0.3, 0.4) is 0 Å². The van der Waals surface area contributed by atoms with E-state index in [9.17, 15) is 35.9 Å². The molecule has 3 heterocycles. The molecule has 0 radical (unpaired) electrons. The topological polar surface area (TPSA) is 138 Å². The molecule has 4 rings (SSSR count). The molecule has 3 N–H and O–H groups in total. The number of imidazole rings is 1. The molecule has 3 amide bonds. The number of rotatable bonds is 8. The van der Waals surface area contributed by atoms with Gasteiger partial charge in [0.2, 0.25) is 0 Å². The summed E-state index contributed by atoms with van der Waals surface area (Å²) in [5, 5.41) is 11.2. The van der Waals surface area contributed by atoms with Crippen LogP contribution in [0.5, 0.6) is 0 Å². The van der Waals surface area contributed by atoms with Gasteiger partial charge in [-0.1, -0.05) is 11.2 Å². The number of urea groups is 1. The van der Waals surface area contributed by atoms with Crippen LogP contribution < -0.4 is 10.6 Å². The molecule has 3 atom stereocenters. The second-order valence-electron chi connectivity index (χ2n) is 8.89. The van der Waals surface area contributed by atoms with Gasteiger partial charge in [0.1, 0.15) is 24.0 Å². The summed E-state index contributed by atoms with van der Waals surface area (Å²) in [6, 6.07) is 0.00484. The molecular weight excluding hydrogens is 560 g/mol. The molecular formula is C21H22F6N7O4S+. The zero-order valence-electron chi connectivity index (χ0n) is 20.2. The Morgan fingerprint density at radius 3 is 2.56 bits per heavy atom. The van der Waals surface area contributed by atoms with Crippen molar-refractivity contribution in [1.29, 1.82) is 0 Å². The Balaban J connectivity index is 1.65. The van der Waals surface area contributed by atoms with Gasteiger partial charge in [0, 0.05) is 13.7 Å². The minimum atomic E-state index is -4.73.